The van der Waals surface area contributed by atoms with Gasteiger partial charge in [-0.3, -0.25) is 4.99 Å². The van der Waals surface area contributed by atoms with E-state index in [0.29, 0.717) is 0 Å². The van der Waals surface area contributed by atoms with Gasteiger partial charge in [-0.25, -0.2) is 0 Å². The van der Waals surface area contributed by atoms with Gasteiger partial charge < -0.3 is 20.4 Å². The molecule has 0 amide bonds. The summed E-state index contributed by atoms with van der Waals surface area (Å²) in [5, 5.41) is 6.98. The molecular formula is C17H36IN5. The van der Waals surface area contributed by atoms with Crippen LogP contribution in [-0.2, 0) is 0 Å². The first-order chi connectivity index (χ1) is 10.8. The molecular weight excluding hydrogens is 401 g/mol. The maximum Gasteiger partial charge on any atom is 0.191 e. The standard InChI is InChI=1S/C17H35N5.HI/c1-3-21-12-7-8-16(15-21)14-20-17(18-2)19-9-13-22-10-5-4-6-11-22;/h16H,3-15H2,1-2H3,(H2,18,19,20);1H. The lowest BCUT2D eigenvalue weighted by Gasteiger charge is -2.32. The van der Waals surface area contributed by atoms with Crippen LogP contribution in [0.5, 0.6) is 0 Å². The number of rotatable bonds is 6. The molecule has 2 aliphatic heterocycles. The zero-order chi connectivity index (χ0) is 15.6. The Bertz CT molecular complexity index is 331. The number of hydrogen-bond donors (Lipinski definition) is 2. The van der Waals surface area contributed by atoms with Gasteiger partial charge in [-0.05, 0) is 57.8 Å². The Morgan fingerprint density at radius 3 is 2.48 bits per heavy atom. The van der Waals surface area contributed by atoms with Crippen LogP contribution < -0.4 is 10.6 Å². The molecule has 0 aliphatic carbocycles. The highest BCUT2D eigenvalue weighted by Gasteiger charge is 2.18. The molecule has 2 N–H and O–H groups in total. The minimum Gasteiger partial charge on any atom is -0.356 e. The minimum absolute atomic E-state index is 0. The van der Waals surface area contributed by atoms with Crippen LogP contribution in [0.1, 0.15) is 39.0 Å². The van der Waals surface area contributed by atoms with Gasteiger partial charge in [-0.1, -0.05) is 13.3 Å². The summed E-state index contributed by atoms with van der Waals surface area (Å²) in [7, 11) is 1.87. The third kappa shape index (κ3) is 8.03. The molecule has 0 radical (unpaired) electrons. The van der Waals surface area contributed by atoms with Gasteiger partial charge in [0.2, 0.25) is 0 Å². The van der Waals surface area contributed by atoms with Crippen LogP contribution in [0.25, 0.3) is 0 Å². The van der Waals surface area contributed by atoms with E-state index >= 15 is 0 Å². The number of hydrogen-bond acceptors (Lipinski definition) is 3. The fourth-order valence-corrected chi connectivity index (χ4v) is 3.58. The van der Waals surface area contributed by atoms with E-state index in [0.717, 1.165) is 31.5 Å². The summed E-state index contributed by atoms with van der Waals surface area (Å²) in [6.45, 7) is 11.6. The second kappa shape index (κ2) is 12.3. The fraction of sp³-hybridized carbons (Fsp3) is 0.941. The highest BCUT2D eigenvalue weighted by Crippen LogP contribution is 2.15. The summed E-state index contributed by atoms with van der Waals surface area (Å²) in [6.07, 6.45) is 6.81. The number of nitrogens with zero attached hydrogens (tertiary/aromatic N) is 3. The summed E-state index contributed by atoms with van der Waals surface area (Å²) < 4.78 is 0. The van der Waals surface area contributed by atoms with Gasteiger partial charge in [0, 0.05) is 33.2 Å². The zero-order valence-corrected chi connectivity index (χ0v) is 17.3. The predicted molar refractivity (Wildman–Crippen MR) is 110 cm³/mol. The normalized spacial score (nSPS) is 24.1. The summed E-state index contributed by atoms with van der Waals surface area (Å²) in [6, 6.07) is 0. The molecule has 23 heavy (non-hydrogen) atoms. The number of halogens is 1. The van der Waals surface area contributed by atoms with Crippen molar-refractivity contribution in [3.05, 3.63) is 0 Å². The van der Waals surface area contributed by atoms with Gasteiger partial charge in [0.15, 0.2) is 5.96 Å². The lowest BCUT2D eigenvalue weighted by molar-refractivity contribution is 0.183. The number of nitrogens with one attached hydrogen (secondary N) is 2. The number of piperidine rings is 2. The third-order valence-corrected chi connectivity index (χ3v) is 5.00. The molecule has 1 unspecified atom stereocenters. The van der Waals surface area contributed by atoms with Crippen molar-refractivity contribution in [2.45, 2.75) is 39.0 Å². The lowest BCUT2D eigenvalue weighted by Crippen LogP contribution is -2.46. The molecule has 0 aromatic rings. The van der Waals surface area contributed by atoms with Crippen molar-refractivity contribution >= 4 is 29.9 Å². The molecule has 2 heterocycles. The molecule has 0 bridgehead atoms. The third-order valence-electron chi connectivity index (χ3n) is 5.00. The quantitative estimate of drug-likeness (QED) is 0.379. The maximum absolute atomic E-state index is 4.36. The predicted octanol–water partition coefficient (Wildman–Crippen LogP) is 1.99. The average Bonchev–Trinajstić information content (AvgIpc) is 2.59. The topological polar surface area (TPSA) is 42.9 Å². The fourth-order valence-electron chi connectivity index (χ4n) is 3.58. The summed E-state index contributed by atoms with van der Waals surface area (Å²) in [5.41, 5.74) is 0. The first kappa shape index (κ1) is 21.0. The molecule has 6 heteroatoms. The van der Waals surface area contributed by atoms with Crippen LogP contribution >= 0.6 is 24.0 Å². The van der Waals surface area contributed by atoms with Crippen LogP contribution in [0.4, 0.5) is 0 Å². The van der Waals surface area contributed by atoms with Crippen molar-refractivity contribution in [2.75, 3.05) is 59.4 Å². The molecule has 0 aromatic carbocycles. The van der Waals surface area contributed by atoms with Gasteiger partial charge in [0.05, 0.1) is 0 Å². The highest BCUT2D eigenvalue weighted by molar-refractivity contribution is 14.0. The Kier molecular flexibility index (Phi) is 11.2. The van der Waals surface area contributed by atoms with E-state index in [1.54, 1.807) is 0 Å². The molecule has 1 atom stereocenters. The van der Waals surface area contributed by atoms with E-state index in [4.69, 9.17) is 0 Å². The highest BCUT2D eigenvalue weighted by atomic mass is 127. The molecule has 2 rings (SSSR count). The van der Waals surface area contributed by atoms with Crippen LogP contribution in [0, 0.1) is 5.92 Å². The summed E-state index contributed by atoms with van der Waals surface area (Å²) in [4.78, 5) is 9.47. The first-order valence-electron chi connectivity index (χ1n) is 9.21. The molecule has 2 fully saturated rings. The molecule has 2 saturated heterocycles. The minimum atomic E-state index is 0. The molecule has 0 aromatic heterocycles. The smallest absolute Gasteiger partial charge is 0.191 e. The molecule has 5 nitrogen and oxygen atoms in total. The number of likely N-dealkylation sites (tertiary alicyclic amines) is 2. The molecule has 0 saturated carbocycles. The Balaban J connectivity index is 0.00000264. The second-order valence-electron chi connectivity index (χ2n) is 6.68. The Hall–Kier alpha value is -0.0800. The van der Waals surface area contributed by atoms with E-state index in [9.17, 15) is 0 Å². The Morgan fingerprint density at radius 2 is 1.78 bits per heavy atom. The second-order valence-corrected chi connectivity index (χ2v) is 6.68. The van der Waals surface area contributed by atoms with E-state index < -0.39 is 0 Å². The largest absolute Gasteiger partial charge is 0.356 e. The van der Waals surface area contributed by atoms with Gasteiger partial charge in [0.1, 0.15) is 0 Å². The average molecular weight is 437 g/mol. The van der Waals surface area contributed by atoms with Crippen molar-refractivity contribution in [1.82, 2.24) is 20.4 Å². The SMILES string of the molecule is CCN1CCCC(CNC(=NC)NCCN2CCCCC2)C1.I. The van der Waals surface area contributed by atoms with Gasteiger partial charge in [-0.2, -0.15) is 0 Å². The van der Waals surface area contributed by atoms with E-state index in [1.165, 1.54) is 64.8 Å². The van der Waals surface area contributed by atoms with Crippen LogP contribution in [0.2, 0.25) is 0 Å². The van der Waals surface area contributed by atoms with Crippen molar-refractivity contribution in [2.24, 2.45) is 10.9 Å². The Morgan fingerprint density at radius 1 is 1.04 bits per heavy atom. The van der Waals surface area contributed by atoms with Gasteiger partial charge >= 0.3 is 0 Å². The molecule has 2 aliphatic rings. The monoisotopic (exact) mass is 437 g/mol. The summed E-state index contributed by atoms with van der Waals surface area (Å²) >= 11 is 0. The van der Waals surface area contributed by atoms with Crippen LogP contribution in [0.3, 0.4) is 0 Å². The van der Waals surface area contributed by atoms with E-state index in [1.807, 2.05) is 7.05 Å². The van der Waals surface area contributed by atoms with Crippen molar-refractivity contribution in [3.8, 4) is 0 Å². The van der Waals surface area contributed by atoms with Crippen molar-refractivity contribution in [1.29, 1.82) is 0 Å². The zero-order valence-electron chi connectivity index (χ0n) is 15.0. The number of aliphatic imine (C=N–C) groups is 1. The van der Waals surface area contributed by atoms with Crippen LogP contribution in [-0.4, -0.2) is 75.2 Å². The van der Waals surface area contributed by atoms with E-state index in [2.05, 4.69) is 32.3 Å². The van der Waals surface area contributed by atoms with Gasteiger partial charge in [0.25, 0.3) is 0 Å². The van der Waals surface area contributed by atoms with Crippen molar-refractivity contribution in [3.63, 3.8) is 0 Å². The molecule has 0 spiro atoms. The van der Waals surface area contributed by atoms with Gasteiger partial charge in [-0.15, -0.1) is 24.0 Å². The summed E-state index contributed by atoms with van der Waals surface area (Å²) in [5.74, 6) is 1.72. The Labute approximate surface area is 159 Å². The number of guanidine groups is 1. The van der Waals surface area contributed by atoms with Crippen molar-refractivity contribution < 1.29 is 0 Å². The first-order valence-corrected chi connectivity index (χ1v) is 9.21. The maximum atomic E-state index is 4.36. The molecule has 136 valence electrons. The lowest BCUT2D eigenvalue weighted by atomic mass is 9.98. The van der Waals surface area contributed by atoms with Crippen LogP contribution in [0.15, 0.2) is 4.99 Å². The van der Waals surface area contributed by atoms with E-state index in [-0.39, 0.29) is 24.0 Å².